The first-order chi connectivity index (χ1) is 14.9. The second kappa shape index (κ2) is 9.40. The summed E-state index contributed by atoms with van der Waals surface area (Å²) in [4.78, 5) is 14.8. The Morgan fingerprint density at radius 2 is 1.68 bits per heavy atom. The molecule has 0 atom stereocenters. The Labute approximate surface area is 190 Å². The van der Waals surface area contributed by atoms with Gasteiger partial charge in [-0.3, -0.25) is 4.79 Å². The van der Waals surface area contributed by atoms with Gasteiger partial charge >= 0.3 is 0 Å². The average Bonchev–Trinajstić information content (AvgIpc) is 3.35. The second-order valence-corrected chi connectivity index (χ2v) is 10.6. The summed E-state index contributed by atoms with van der Waals surface area (Å²) in [6, 6.07) is 17.8. The fourth-order valence-electron chi connectivity index (χ4n) is 3.35. The number of halogens is 1. The molecule has 0 unspecified atom stereocenters. The fraction of sp³-hybridized carbons (Fsp3) is 0.227. The highest BCUT2D eigenvalue weighted by atomic mass is 35.5. The van der Waals surface area contributed by atoms with E-state index in [-0.39, 0.29) is 19.0 Å². The van der Waals surface area contributed by atoms with Crippen molar-refractivity contribution >= 4 is 38.9 Å². The van der Waals surface area contributed by atoms with E-state index in [1.54, 1.807) is 52.7 Å². The Hall–Kier alpha value is -2.39. The molecule has 162 valence electrons. The molecular weight excluding hydrogens is 456 g/mol. The quantitative estimate of drug-likeness (QED) is 0.536. The third-order valence-corrected chi connectivity index (χ3v) is 8.56. The molecule has 31 heavy (non-hydrogen) atoms. The highest BCUT2D eigenvalue weighted by Crippen LogP contribution is 2.25. The summed E-state index contributed by atoms with van der Waals surface area (Å²) in [6.07, 6.45) is 0. The molecule has 1 aliphatic heterocycles. The lowest BCUT2D eigenvalue weighted by molar-refractivity contribution is 0.0693. The highest BCUT2D eigenvalue weighted by molar-refractivity contribution is 7.91. The molecule has 1 saturated heterocycles. The normalized spacial score (nSPS) is 15.1. The van der Waals surface area contributed by atoms with Gasteiger partial charge in [-0.15, -0.1) is 11.3 Å². The number of thiophene rings is 1. The van der Waals surface area contributed by atoms with Gasteiger partial charge in [-0.25, -0.2) is 8.42 Å². The number of nitrogens with zero attached hydrogens (tertiary/aromatic N) is 2. The molecule has 0 saturated carbocycles. The first kappa shape index (κ1) is 21.8. The van der Waals surface area contributed by atoms with E-state index in [1.165, 1.54) is 15.6 Å². The molecule has 0 N–H and O–H groups in total. The minimum Gasteiger partial charge on any atom is -0.488 e. The Bertz CT molecular complexity index is 1140. The van der Waals surface area contributed by atoms with Crippen LogP contribution in [0, 0.1) is 0 Å². The van der Waals surface area contributed by atoms with E-state index in [0.717, 1.165) is 5.56 Å². The number of piperazine rings is 1. The summed E-state index contributed by atoms with van der Waals surface area (Å²) in [7, 11) is -3.50. The van der Waals surface area contributed by atoms with Crippen LogP contribution < -0.4 is 4.74 Å². The largest absolute Gasteiger partial charge is 0.488 e. The van der Waals surface area contributed by atoms with Crippen LogP contribution in [0.15, 0.2) is 70.3 Å². The summed E-state index contributed by atoms with van der Waals surface area (Å²) in [6.45, 7) is 1.50. The van der Waals surface area contributed by atoms with Crippen LogP contribution >= 0.6 is 22.9 Å². The van der Waals surface area contributed by atoms with Gasteiger partial charge in [0.15, 0.2) is 0 Å². The molecule has 1 amide bonds. The minimum atomic E-state index is -3.50. The number of benzene rings is 2. The molecule has 1 fully saturated rings. The van der Waals surface area contributed by atoms with Gasteiger partial charge in [0.2, 0.25) is 0 Å². The zero-order chi connectivity index (χ0) is 21.8. The Morgan fingerprint density at radius 1 is 0.968 bits per heavy atom. The van der Waals surface area contributed by atoms with Gasteiger partial charge in [0.25, 0.3) is 15.9 Å². The van der Waals surface area contributed by atoms with Crippen LogP contribution in [0.3, 0.4) is 0 Å². The van der Waals surface area contributed by atoms with Crippen molar-refractivity contribution in [2.45, 2.75) is 10.8 Å². The van der Waals surface area contributed by atoms with Gasteiger partial charge in [-0.2, -0.15) is 4.31 Å². The van der Waals surface area contributed by atoms with Crippen molar-refractivity contribution in [1.29, 1.82) is 0 Å². The number of hydrogen-bond donors (Lipinski definition) is 0. The number of hydrogen-bond acceptors (Lipinski definition) is 5. The lowest BCUT2D eigenvalue weighted by Gasteiger charge is -2.34. The van der Waals surface area contributed by atoms with E-state index < -0.39 is 10.0 Å². The number of ether oxygens (including phenoxy) is 1. The first-order valence-corrected chi connectivity index (χ1v) is 12.4. The fourth-order valence-corrected chi connectivity index (χ4v) is 6.04. The van der Waals surface area contributed by atoms with Crippen LogP contribution in [0.2, 0.25) is 5.02 Å². The summed E-state index contributed by atoms with van der Waals surface area (Å²) < 4.78 is 33.1. The molecule has 6 nitrogen and oxygen atoms in total. The van der Waals surface area contributed by atoms with Gasteiger partial charge in [0.1, 0.15) is 16.6 Å². The van der Waals surface area contributed by atoms with E-state index in [1.807, 2.05) is 18.2 Å². The lowest BCUT2D eigenvalue weighted by atomic mass is 10.1. The SMILES string of the molecule is O=C(c1ccccc1OCc1ccc(Cl)cc1)N1CCN(S(=O)(=O)c2cccs2)CC1. The predicted molar refractivity (Wildman–Crippen MR) is 121 cm³/mol. The molecule has 0 bridgehead atoms. The maximum Gasteiger partial charge on any atom is 0.257 e. The van der Waals surface area contributed by atoms with Gasteiger partial charge in [-0.1, -0.05) is 41.9 Å². The zero-order valence-corrected chi connectivity index (χ0v) is 19.0. The van der Waals surface area contributed by atoms with E-state index in [4.69, 9.17) is 16.3 Å². The molecule has 4 rings (SSSR count). The summed E-state index contributed by atoms with van der Waals surface area (Å²) in [5.74, 6) is 0.330. The highest BCUT2D eigenvalue weighted by Gasteiger charge is 2.31. The van der Waals surface area contributed by atoms with Crippen LogP contribution in [0.4, 0.5) is 0 Å². The third kappa shape index (κ3) is 4.93. The number of carbonyl (C=O) groups excluding carboxylic acids is 1. The molecule has 9 heteroatoms. The number of sulfonamides is 1. The Morgan fingerprint density at radius 3 is 2.35 bits per heavy atom. The van der Waals surface area contributed by atoms with Crippen LogP contribution in [0.25, 0.3) is 0 Å². The van der Waals surface area contributed by atoms with Crippen LogP contribution in [0.1, 0.15) is 15.9 Å². The van der Waals surface area contributed by atoms with Crippen LogP contribution in [-0.4, -0.2) is 49.7 Å². The van der Waals surface area contributed by atoms with E-state index in [0.29, 0.717) is 40.2 Å². The molecule has 2 aromatic carbocycles. The molecule has 0 aliphatic carbocycles. The summed E-state index contributed by atoms with van der Waals surface area (Å²) >= 11 is 7.12. The van der Waals surface area contributed by atoms with Crippen LogP contribution in [-0.2, 0) is 16.6 Å². The smallest absolute Gasteiger partial charge is 0.257 e. The molecule has 0 radical (unpaired) electrons. The van der Waals surface area contributed by atoms with Crippen molar-refractivity contribution in [3.8, 4) is 5.75 Å². The van der Waals surface area contributed by atoms with Crippen molar-refractivity contribution in [2.24, 2.45) is 0 Å². The maximum atomic E-state index is 13.1. The van der Waals surface area contributed by atoms with E-state index in [2.05, 4.69) is 0 Å². The standard InChI is InChI=1S/C22H21ClN2O4S2/c23-18-9-7-17(8-10-18)16-29-20-5-2-1-4-19(20)22(26)24-11-13-25(14-12-24)31(27,28)21-6-3-15-30-21/h1-10,15H,11-14,16H2. The van der Waals surface area contributed by atoms with Crippen molar-refractivity contribution in [3.05, 3.63) is 82.2 Å². The van der Waals surface area contributed by atoms with Gasteiger partial charge in [0.05, 0.1) is 5.56 Å². The molecule has 1 aliphatic rings. The zero-order valence-electron chi connectivity index (χ0n) is 16.6. The molecular formula is C22H21ClN2O4S2. The number of rotatable bonds is 6. The van der Waals surface area contributed by atoms with E-state index in [9.17, 15) is 13.2 Å². The Kier molecular flexibility index (Phi) is 6.62. The molecule has 1 aromatic heterocycles. The minimum absolute atomic E-state index is 0.167. The molecule has 0 spiro atoms. The number of carbonyl (C=O) groups is 1. The predicted octanol–water partition coefficient (Wildman–Crippen LogP) is 4.13. The maximum absolute atomic E-state index is 13.1. The third-order valence-electron chi connectivity index (χ3n) is 5.04. The number of amides is 1. The average molecular weight is 477 g/mol. The molecule has 3 aromatic rings. The summed E-state index contributed by atoms with van der Waals surface area (Å²) in [5.41, 5.74) is 1.41. The first-order valence-electron chi connectivity index (χ1n) is 9.74. The van der Waals surface area contributed by atoms with Gasteiger partial charge in [0, 0.05) is 31.2 Å². The lowest BCUT2D eigenvalue weighted by Crippen LogP contribution is -2.50. The van der Waals surface area contributed by atoms with Crippen LogP contribution in [0.5, 0.6) is 5.75 Å². The van der Waals surface area contributed by atoms with Crippen molar-refractivity contribution in [1.82, 2.24) is 9.21 Å². The monoisotopic (exact) mass is 476 g/mol. The second-order valence-electron chi connectivity index (χ2n) is 7.04. The topological polar surface area (TPSA) is 66.9 Å². The van der Waals surface area contributed by atoms with Gasteiger partial charge in [-0.05, 0) is 41.3 Å². The van der Waals surface area contributed by atoms with Crippen molar-refractivity contribution < 1.29 is 17.9 Å². The van der Waals surface area contributed by atoms with Crippen molar-refractivity contribution in [2.75, 3.05) is 26.2 Å². The number of para-hydroxylation sites is 1. The summed E-state index contributed by atoms with van der Waals surface area (Å²) in [5, 5.41) is 2.40. The van der Waals surface area contributed by atoms with E-state index >= 15 is 0 Å². The van der Waals surface area contributed by atoms with Gasteiger partial charge < -0.3 is 9.64 Å². The molecule has 2 heterocycles. The van der Waals surface area contributed by atoms with Crippen molar-refractivity contribution in [3.63, 3.8) is 0 Å². The Balaban J connectivity index is 1.42.